The van der Waals surface area contributed by atoms with Gasteiger partial charge in [0.15, 0.2) is 6.61 Å². The van der Waals surface area contributed by atoms with Crippen LogP contribution in [0, 0.1) is 0 Å². The van der Waals surface area contributed by atoms with Crippen molar-refractivity contribution in [1.82, 2.24) is 0 Å². The molecule has 0 aliphatic heterocycles. The Hall–Kier alpha value is -1.23. The number of hydrogen-bond acceptors (Lipinski definition) is 2. The highest BCUT2D eigenvalue weighted by atomic mass is 79.9. The van der Waals surface area contributed by atoms with Crippen LogP contribution in [0.15, 0.2) is 46.9 Å². The second-order valence-corrected chi connectivity index (χ2v) is 5.74. The van der Waals surface area contributed by atoms with Gasteiger partial charge in [-0.15, -0.1) is 0 Å². The summed E-state index contributed by atoms with van der Waals surface area (Å²) in [7, 11) is 0. The van der Waals surface area contributed by atoms with Crippen LogP contribution in [-0.4, -0.2) is 12.5 Å². The summed E-state index contributed by atoms with van der Waals surface area (Å²) < 4.78 is 6.26. The van der Waals surface area contributed by atoms with Crippen LogP contribution in [-0.2, 0) is 4.79 Å². The molecule has 3 nitrogen and oxygen atoms in total. The summed E-state index contributed by atoms with van der Waals surface area (Å²) in [5, 5.41) is 3.58. The molecule has 20 heavy (non-hydrogen) atoms. The third-order valence-corrected chi connectivity index (χ3v) is 3.24. The molecule has 1 N–H and O–H groups in total. The number of halogens is 3. The van der Waals surface area contributed by atoms with Gasteiger partial charge in [-0.2, -0.15) is 0 Å². The van der Waals surface area contributed by atoms with Gasteiger partial charge in [-0.3, -0.25) is 4.79 Å². The molecule has 2 aromatic rings. The van der Waals surface area contributed by atoms with E-state index in [0.717, 1.165) is 4.47 Å². The predicted molar refractivity (Wildman–Crippen MR) is 84.7 cm³/mol. The molecule has 0 atom stereocenters. The van der Waals surface area contributed by atoms with Gasteiger partial charge in [0.2, 0.25) is 0 Å². The number of carbonyl (C=O) groups excluding carboxylic acids is 1. The second kappa shape index (κ2) is 6.97. The molecule has 0 spiro atoms. The van der Waals surface area contributed by atoms with Crippen molar-refractivity contribution in [2.45, 2.75) is 0 Å². The fourth-order valence-corrected chi connectivity index (χ4v) is 2.43. The number of nitrogens with one attached hydrogen (secondary N) is 1. The summed E-state index contributed by atoms with van der Waals surface area (Å²) in [5.74, 6) is 0.321. The maximum absolute atomic E-state index is 11.8. The summed E-state index contributed by atoms with van der Waals surface area (Å²) in [6.07, 6.45) is 0. The van der Waals surface area contributed by atoms with Gasteiger partial charge in [0.25, 0.3) is 5.91 Å². The molecule has 0 radical (unpaired) electrons. The fourth-order valence-electron chi connectivity index (χ4n) is 1.53. The number of amides is 1. The van der Waals surface area contributed by atoms with E-state index >= 15 is 0 Å². The molecule has 0 aliphatic rings. The smallest absolute Gasteiger partial charge is 0.262 e. The Kier molecular flexibility index (Phi) is 5.29. The van der Waals surface area contributed by atoms with Crippen molar-refractivity contribution in [3.05, 3.63) is 57.0 Å². The Morgan fingerprint density at radius 3 is 2.50 bits per heavy atom. The first-order chi connectivity index (χ1) is 9.52. The average Bonchev–Trinajstić information content (AvgIpc) is 2.35. The molecule has 0 bridgehead atoms. The molecule has 0 unspecified atom stereocenters. The van der Waals surface area contributed by atoms with E-state index in [1.807, 2.05) is 12.1 Å². The van der Waals surface area contributed by atoms with E-state index < -0.39 is 0 Å². The van der Waals surface area contributed by atoms with E-state index in [4.69, 9.17) is 27.9 Å². The minimum atomic E-state index is -0.289. The van der Waals surface area contributed by atoms with Crippen LogP contribution >= 0.6 is 39.1 Å². The van der Waals surface area contributed by atoms with Crippen molar-refractivity contribution >= 4 is 50.7 Å². The minimum Gasteiger partial charge on any atom is -0.484 e. The Morgan fingerprint density at radius 2 is 1.85 bits per heavy atom. The van der Waals surface area contributed by atoms with E-state index in [0.29, 0.717) is 21.5 Å². The molecule has 104 valence electrons. The topological polar surface area (TPSA) is 38.3 Å². The van der Waals surface area contributed by atoms with Crippen LogP contribution in [0.3, 0.4) is 0 Å². The lowest BCUT2D eigenvalue weighted by molar-refractivity contribution is -0.118. The highest BCUT2D eigenvalue weighted by Gasteiger charge is 2.05. The van der Waals surface area contributed by atoms with Gasteiger partial charge in [0, 0.05) is 20.2 Å². The van der Waals surface area contributed by atoms with Crippen LogP contribution < -0.4 is 10.1 Å². The zero-order valence-electron chi connectivity index (χ0n) is 10.2. The van der Waals surface area contributed by atoms with Gasteiger partial charge < -0.3 is 10.1 Å². The van der Waals surface area contributed by atoms with Gasteiger partial charge in [0.1, 0.15) is 5.75 Å². The molecule has 0 fully saturated rings. The van der Waals surface area contributed by atoms with Gasteiger partial charge in [-0.1, -0.05) is 45.2 Å². The lowest BCUT2D eigenvalue weighted by atomic mass is 10.3. The lowest BCUT2D eigenvalue weighted by Gasteiger charge is -2.08. The minimum absolute atomic E-state index is 0.0966. The molecular formula is C14H10BrCl2NO2. The highest BCUT2D eigenvalue weighted by Crippen LogP contribution is 2.22. The van der Waals surface area contributed by atoms with Crippen LogP contribution in [0.2, 0.25) is 10.0 Å². The Balaban J connectivity index is 1.92. The molecule has 0 heterocycles. The van der Waals surface area contributed by atoms with Crippen molar-refractivity contribution in [2.24, 2.45) is 0 Å². The average molecular weight is 375 g/mol. The molecule has 0 aromatic heterocycles. The number of hydrogen-bond donors (Lipinski definition) is 1. The Bertz CT molecular complexity index is 614. The summed E-state index contributed by atoms with van der Waals surface area (Å²) in [6, 6.07) is 12.1. The van der Waals surface area contributed by atoms with E-state index in [-0.39, 0.29) is 12.5 Å². The quantitative estimate of drug-likeness (QED) is 0.836. The maximum Gasteiger partial charge on any atom is 0.262 e. The van der Waals surface area contributed by atoms with Crippen LogP contribution in [0.25, 0.3) is 0 Å². The van der Waals surface area contributed by atoms with E-state index in [1.54, 1.807) is 30.3 Å². The summed E-state index contributed by atoms with van der Waals surface area (Å²) >= 11 is 15.0. The molecule has 0 aliphatic carbocycles. The van der Waals surface area contributed by atoms with Gasteiger partial charge >= 0.3 is 0 Å². The van der Waals surface area contributed by atoms with Crippen molar-refractivity contribution < 1.29 is 9.53 Å². The lowest BCUT2D eigenvalue weighted by Crippen LogP contribution is -2.20. The first-order valence-electron chi connectivity index (χ1n) is 5.67. The summed E-state index contributed by atoms with van der Waals surface area (Å²) in [4.78, 5) is 11.8. The normalized spacial score (nSPS) is 10.2. The fraction of sp³-hybridized carbons (Fsp3) is 0.0714. The number of benzene rings is 2. The molecular weight excluding hydrogens is 365 g/mol. The van der Waals surface area contributed by atoms with E-state index in [2.05, 4.69) is 21.2 Å². The third kappa shape index (κ3) is 4.71. The predicted octanol–water partition coefficient (Wildman–Crippen LogP) is 4.77. The number of rotatable bonds is 4. The SMILES string of the molecule is O=C(COc1cccc(Br)c1)Nc1cc(Cl)cc(Cl)c1. The Morgan fingerprint density at radius 1 is 1.15 bits per heavy atom. The van der Waals surface area contributed by atoms with Crippen LogP contribution in [0.1, 0.15) is 0 Å². The van der Waals surface area contributed by atoms with Crippen molar-refractivity contribution in [1.29, 1.82) is 0 Å². The van der Waals surface area contributed by atoms with Gasteiger partial charge in [-0.25, -0.2) is 0 Å². The highest BCUT2D eigenvalue weighted by molar-refractivity contribution is 9.10. The Labute approximate surface area is 135 Å². The van der Waals surface area contributed by atoms with Crippen LogP contribution in [0.4, 0.5) is 5.69 Å². The van der Waals surface area contributed by atoms with Crippen molar-refractivity contribution in [3.63, 3.8) is 0 Å². The molecule has 0 saturated carbocycles. The second-order valence-electron chi connectivity index (χ2n) is 3.95. The number of carbonyl (C=O) groups is 1. The first kappa shape index (κ1) is 15.2. The summed E-state index contributed by atoms with van der Waals surface area (Å²) in [6.45, 7) is -0.0966. The zero-order valence-corrected chi connectivity index (χ0v) is 13.3. The standard InChI is InChI=1S/C14H10BrCl2NO2/c15-9-2-1-3-13(4-9)20-8-14(19)18-12-6-10(16)5-11(17)7-12/h1-7H,8H2,(H,18,19). The largest absolute Gasteiger partial charge is 0.484 e. The summed E-state index contributed by atoms with van der Waals surface area (Å²) in [5.41, 5.74) is 0.533. The molecule has 1 amide bonds. The first-order valence-corrected chi connectivity index (χ1v) is 7.22. The van der Waals surface area contributed by atoms with Gasteiger partial charge in [-0.05, 0) is 36.4 Å². The zero-order chi connectivity index (χ0) is 14.5. The van der Waals surface area contributed by atoms with Crippen LogP contribution in [0.5, 0.6) is 5.75 Å². The molecule has 6 heteroatoms. The molecule has 2 aromatic carbocycles. The van der Waals surface area contributed by atoms with Gasteiger partial charge in [0.05, 0.1) is 0 Å². The van der Waals surface area contributed by atoms with Crippen molar-refractivity contribution in [3.8, 4) is 5.75 Å². The van der Waals surface area contributed by atoms with Crippen molar-refractivity contribution in [2.75, 3.05) is 11.9 Å². The van der Waals surface area contributed by atoms with E-state index in [9.17, 15) is 4.79 Å². The molecule has 0 saturated heterocycles. The molecule has 2 rings (SSSR count). The monoisotopic (exact) mass is 373 g/mol. The third-order valence-electron chi connectivity index (χ3n) is 2.31. The number of ether oxygens (including phenoxy) is 1. The maximum atomic E-state index is 11.8. The van der Waals surface area contributed by atoms with E-state index in [1.165, 1.54) is 0 Å². The number of anilines is 1.